The van der Waals surface area contributed by atoms with Gasteiger partial charge in [0.05, 0.1) is 24.4 Å². The van der Waals surface area contributed by atoms with Gasteiger partial charge in [0.2, 0.25) is 0 Å². The summed E-state index contributed by atoms with van der Waals surface area (Å²) in [7, 11) is 0. The highest BCUT2D eigenvalue weighted by Gasteiger charge is 2.44. The van der Waals surface area contributed by atoms with E-state index < -0.39 is 17.2 Å². The first-order chi connectivity index (χ1) is 24.4. The van der Waals surface area contributed by atoms with E-state index in [1.165, 1.54) is 24.1 Å². The van der Waals surface area contributed by atoms with E-state index in [0.717, 1.165) is 67.8 Å². The Morgan fingerprint density at radius 1 is 0.880 bits per heavy atom. The van der Waals surface area contributed by atoms with Gasteiger partial charge in [-0.05, 0) is 80.3 Å². The van der Waals surface area contributed by atoms with Gasteiger partial charge in [0.1, 0.15) is 36.2 Å². The molecule has 3 aromatic carbocycles. The van der Waals surface area contributed by atoms with Gasteiger partial charge in [-0.25, -0.2) is 32.5 Å². The summed E-state index contributed by atoms with van der Waals surface area (Å²) in [6.07, 6.45) is 7.65. The number of halogens is 2. The highest BCUT2D eigenvalue weighted by Crippen LogP contribution is 2.43. The Morgan fingerprint density at radius 2 is 1.54 bits per heavy atom. The van der Waals surface area contributed by atoms with Gasteiger partial charge in [-0.15, -0.1) is 11.8 Å². The maximum absolute atomic E-state index is 15.0. The molecule has 2 saturated heterocycles. The van der Waals surface area contributed by atoms with Crippen LogP contribution in [0.1, 0.15) is 51.1 Å². The smallest absolute Gasteiger partial charge is 0.350 e. The topological polar surface area (TPSA) is 86.2 Å². The molecule has 0 aliphatic carbocycles. The maximum atomic E-state index is 15.0. The number of benzene rings is 3. The fourth-order valence-electron chi connectivity index (χ4n) is 7.15. The zero-order valence-electron chi connectivity index (χ0n) is 28.4. The quantitative estimate of drug-likeness (QED) is 0.137. The number of anilines is 2. The molecule has 2 atom stereocenters. The Hall–Kier alpha value is -4.49. The summed E-state index contributed by atoms with van der Waals surface area (Å²) in [5.41, 5.74) is 2.45. The standard InChI is InChI=1S/C37H42F2N8O2S/c1-3-28(4-2)47-36(48)46(26-42-47)31-8-6-29(7-9-31)43-17-19-44(20-18-43)30-10-12-33(13-11-30)50-22-32-15-16-37(49-32,23-45-25-40-24-41-45)34-14-5-27(38)21-35(34)39/h5-14,21,24-26,28,32H,3-4,15-20,22-23H2,1-2H3. The van der Waals surface area contributed by atoms with E-state index in [-0.39, 0.29) is 17.8 Å². The second-order valence-corrected chi connectivity index (χ2v) is 14.1. The van der Waals surface area contributed by atoms with Crippen LogP contribution >= 0.6 is 11.8 Å². The number of thioether (sulfide) groups is 1. The van der Waals surface area contributed by atoms with Crippen molar-refractivity contribution < 1.29 is 13.5 Å². The molecular weight excluding hydrogens is 659 g/mol. The third-order valence-corrected chi connectivity index (χ3v) is 11.1. The van der Waals surface area contributed by atoms with E-state index in [1.54, 1.807) is 38.3 Å². The molecule has 262 valence electrons. The summed E-state index contributed by atoms with van der Waals surface area (Å²) >= 11 is 1.72. The lowest BCUT2D eigenvalue weighted by Gasteiger charge is -2.37. The van der Waals surface area contributed by atoms with Crippen LogP contribution in [0.3, 0.4) is 0 Å². The van der Waals surface area contributed by atoms with E-state index in [2.05, 4.69) is 75.2 Å². The first kappa shape index (κ1) is 34.0. The molecule has 0 N–H and O–H groups in total. The van der Waals surface area contributed by atoms with Gasteiger partial charge in [-0.2, -0.15) is 10.2 Å². The van der Waals surface area contributed by atoms with Crippen LogP contribution in [0, 0.1) is 11.6 Å². The van der Waals surface area contributed by atoms with Gasteiger partial charge in [0, 0.05) is 59.8 Å². The van der Waals surface area contributed by atoms with Crippen molar-refractivity contribution in [1.82, 2.24) is 29.1 Å². The molecular formula is C37H42F2N8O2S. The molecule has 0 saturated carbocycles. The van der Waals surface area contributed by atoms with Crippen LogP contribution in [0.15, 0.2) is 95.4 Å². The number of hydrogen-bond acceptors (Lipinski definition) is 8. The summed E-state index contributed by atoms with van der Waals surface area (Å²) in [6.45, 7) is 8.05. The van der Waals surface area contributed by atoms with E-state index in [0.29, 0.717) is 24.3 Å². The molecule has 0 radical (unpaired) electrons. The van der Waals surface area contributed by atoms with Crippen LogP contribution in [0.25, 0.3) is 5.69 Å². The second kappa shape index (κ2) is 14.8. The molecule has 50 heavy (non-hydrogen) atoms. The van der Waals surface area contributed by atoms with Gasteiger partial charge in [0.25, 0.3) is 0 Å². The average Bonchev–Trinajstić information content (AvgIpc) is 3.90. The van der Waals surface area contributed by atoms with Crippen molar-refractivity contribution in [3.8, 4) is 5.69 Å². The number of nitrogens with zero attached hydrogens (tertiary/aromatic N) is 8. The molecule has 5 aromatic rings. The van der Waals surface area contributed by atoms with Crippen LogP contribution in [0.2, 0.25) is 0 Å². The Labute approximate surface area is 294 Å². The Bertz CT molecular complexity index is 1920. The van der Waals surface area contributed by atoms with Crippen molar-refractivity contribution in [2.24, 2.45) is 0 Å². The first-order valence-corrected chi connectivity index (χ1v) is 18.3. The minimum absolute atomic E-state index is 0.0945. The predicted molar refractivity (Wildman–Crippen MR) is 191 cm³/mol. The minimum Gasteiger partial charge on any atom is -0.368 e. The van der Waals surface area contributed by atoms with Gasteiger partial charge in [0.15, 0.2) is 0 Å². The number of aromatic nitrogens is 6. The third kappa shape index (κ3) is 7.06. The molecule has 2 aliphatic heterocycles. The Kier molecular flexibility index (Phi) is 10.0. The molecule has 4 heterocycles. The number of ether oxygens (including phenoxy) is 1. The van der Waals surface area contributed by atoms with Crippen LogP contribution in [0.5, 0.6) is 0 Å². The van der Waals surface area contributed by atoms with E-state index in [9.17, 15) is 13.6 Å². The van der Waals surface area contributed by atoms with Crippen LogP contribution in [-0.2, 0) is 16.9 Å². The second-order valence-electron chi connectivity index (χ2n) is 13.0. The molecule has 0 bridgehead atoms. The lowest BCUT2D eigenvalue weighted by Crippen LogP contribution is -2.46. The van der Waals surface area contributed by atoms with E-state index >= 15 is 0 Å². The molecule has 2 fully saturated rings. The van der Waals surface area contributed by atoms with Gasteiger partial charge >= 0.3 is 5.69 Å². The number of rotatable bonds is 12. The molecule has 7 rings (SSSR count). The highest BCUT2D eigenvalue weighted by molar-refractivity contribution is 7.99. The van der Waals surface area contributed by atoms with Gasteiger partial charge in [-0.1, -0.05) is 19.9 Å². The van der Waals surface area contributed by atoms with Crippen molar-refractivity contribution >= 4 is 23.1 Å². The number of piperazine rings is 1. The fraction of sp³-hybridized carbons (Fsp3) is 0.405. The van der Waals surface area contributed by atoms with Crippen molar-refractivity contribution in [3.63, 3.8) is 0 Å². The maximum Gasteiger partial charge on any atom is 0.350 e. The zero-order chi connectivity index (χ0) is 34.7. The first-order valence-electron chi connectivity index (χ1n) is 17.3. The van der Waals surface area contributed by atoms with Crippen molar-refractivity contribution in [1.29, 1.82) is 0 Å². The summed E-state index contributed by atoms with van der Waals surface area (Å²) in [4.78, 5) is 22.9. The summed E-state index contributed by atoms with van der Waals surface area (Å²) < 4.78 is 40.1. The summed E-state index contributed by atoms with van der Waals surface area (Å²) in [6, 6.07) is 20.6. The SMILES string of the molecule is CCC(CC)n1ncn(-c2ccc(N3CCN(c4ccc(SCC5CCC(Cn6cncn6)(c6ccc(F)cc6F)O5)cc4)CC3)cc2)c1=O. The van der Waals surface area contributed by atoms with E-state index in [1.807, 2.05) is 12.1 Å². The van der Waals surface area contributed by atoms with Crippen molar-refractivity contribution in [3.05, 3.63) is 113 Å². The van der Waals surface area contributed by atoms with E-state index in [4.69, 9.17) is 4.74 Å². The van der Waals surface area contributed by atoms with Crippen molar-refractivity contribution in [2.75, 3.05) is 41.7 Å². The van der Waals surface area contributed by atoms with Crippen LogP contribution in [0.4, 0.5) is 20.2 Å². The molecule has 2 unspecified atom stereocenters. The Balaban J connectivity index is 0.924. The molecule has 10 nitrogen and oxygen atoms in total. The number of hydrogen-bond donors (Lipinski definition) is 0. The van der Waals surface area contributed by atoms with Crippen LogP contribution < -0.4 is 15.5 Å². The summed E-state index contributed by atoms with van der Waals surface area (Å²) in [5, 5.41) is 8.58. The highest BCUT2D eigenvalue weighted by atomic mass is 32.2. The predicted octanol–water partition coefficient (Wildman–Crippen LogP) is 6.46. The van der Waals surface area contributed by atoms with Crippen molar-refractivity contribution in [2.45, 2.75) is 68.7 Å². The molecule has 0 spiro atoms. The molecule has 13 heteroatoms. The lowest BCUT2D eigenvalue weighted by molar-refractivity contribution is -0.0530. The van der Waals surface area contributed by atoms with Gasteiger partial charge < -0.3 is 14.5 Å². The molecule has 2 aliphatic rings. The molecule has 0 amide bonds. The average molecular weight is 701 g/mol. The zero-order valence-corrected chi connectivity index (χ0v) is 29.2. The minimum atomic E-state index is -0.943. The fourth-order valence-corrected chi connectivity index (χ4v) is 8.09. The largest absolute Gasteiger partial charge is 0.368 e. The normalized spacial score (nSPS) is 19.5. The van der Waals surface area contributed by atoms with Crippen LogP contribution in [-0.4, -0.2) is 67.1 Å². The summed E-state index contributed by atoms with van der Waals surface area (Å²) in [5.74, 6) is -0.504. The van der Waals surface area contributed by atoms with Gasteiger partial charge in [-0.3, -0.25) is 0 Å². The lowest BCUT2D eigenvalue weighted by atomic mass is 9.90. The molecule has 2 aromatic heterocycles. The Morgan fingerprint density at radius 3 is 2.16 bits per heavy atom. The third-order valence-electron chi connectivity index (χ3n) is 9.96. The monoisotopic (exact) mass is 700 g/mol.